The first-order valence-electron chi connectivity index (χ1n) is 3.16. The van der Waals surface area contributed by atoms with Crippen molar-refractivity contribution < 1.29 is 9.66 Å². The summed E-state index contributed by atoms with van der Waals surface area (Å²) in [5, 5.41) is 10.4. The van der Waals surface area contributed by atoms with Crippen molar-refractivity contribution in [2.45, 2.75) is 0 Å². The molecule has 0 saturated heterocycles. The van der Waals surface area contributed by atoms with Crippen molar-refractivity contribution in [1.82, 2.24) is 4.98 Å². The van der Waals surface area contributed by atoms with Gasteiger partial charge in [-0.05, 0) is 22.0 Å². The summed E-state index contributed by atoms with van der Waals surface area (Å²) in [6, 6.07) is 3.01. The summed E-state index contributed by atoms with van der Waals surface area (Å²) in [5.74, 6) is -0.155. The lowest BCUT2D eigenvalue weighted by atomic mass is 10.3. The molecule has 1 radical (unpaired) electrons. The van der Waals surface area contributed by atoms with Crippen molar-refractivity contribution in [3.8, 4) is 5.75 Å². The molecule has 1 aromatic heterocycles. The summed E-state index contributed by atoms with van der Waals surface area (Å²) in [6.07, 6.45) is 0. The van der Waals surface area contributed by atoms with Crippen LogP contribution in [-0.4, -0.2) is 17.0 Å². The van der Waals surface area contributed by atoms with Crippen molar-refractivity contribution >= 4 is 5.82 Å². The van der Waals surface area contributed by atoms with Crippen LogP contribution in [0.5, 0.6) is 5.75 Å². The molecule has 0 aliphatic rings. The zero-order chi connectivity index (χ0) is 9.14. The predicted octanol–water partition coefficient (Wildman–Crippen LogP) is 1.18. The standard InChI is InChI=1S/C7H7N2O3/c1-5-3-4-6(12-2)7(8-5)9(10)11/h3-4H,1H2,2H3. The minimum Gasteiger partial charge on any atom is -0.489 e. The third-order valence-corrected chi connectivity index (χ3v) is 1.29. The maximum Gasteiger partial charge on any atom is 0.406 e. The molecule has 63 valence electrons. The van der Waals surface area contributed by atoms with Gasteiger partial charge >= 0.3 is 5.82 Å². The van der Waals surface area contributed by atoms with Gasteiger partial charge in [0.15, 0.2) is 5.69 Å². The first kappa shape index (κ1) is 8.45. The summed E-state index contributed by atoms with van der Waals surface area (Å²) < 4.78 is 4.73. The second kappa shape index (κ2) is 3.17. The number of nitrogens with zero attached hydrogens (tertiary/aromatic N) is 2. The molecular weight excluding hydrogens is 160 g/mol. The van der Waals surface area contributed by atoms with E-state index in [9.17, 15) is 10.1 Å². The van der Waals surface area contributed by atoms with Crippen LogP contribution in [0.1, 0.15) is 5.69 Å². The first-order valence-corrected chi connectivity index (χ1v) is 3.16. The quantitative estimate of drug-likeness (QED) is 0.490. The van der Waals surface area contributed by atoms with Gasteiger partial charge in [0.2, 0.25) is 5.75 Å². The molecule has 0 aromatic carbocycles. The van der Waals surface area contributed by atoms with Crippen LogP contribution in [0.2, 0.25) is 0 Å². The van der Waals surface area contributed by atoms with E-state index in [0.717, 1.165) is 0 Å². The molecule has 0 fully saturated rings. The highest BCUT2D eigenvalue weighted by atomic mass is 16.6. The summed E-state index contributed by atoms with van der Waals surface area (Å²) in [6.45, 7) is 3.47. The van der Waals surface area contributed by atoms with E-state index in [-0.39, 0.29) is 11.6 Å². The Hall–Kier alpha value is -1.65. The zero-order valence-electron chi connectivity index (χ0n) is 6.48. The predicted molar refractivity (Wildman–Crippen MR) is 41.9 cm³/mol. The lowest BCUT2D eigenvalue weighted by molar-refractivity contribution is -0.390. The smallest absolute Gasteiger partial charge is 0.406 e. The van der Waals surface area contributed by atoms with Crippen molar-refractivity contribution in [1.29, 1.82) is 0 Å². The summed E-state index contributed by atoms with van der Waals surface area (Å²) >= 11 is 0. The van der Waals surface area contributed by atoms with Crippen LogP contribution in [0, 0.1) is 17.0 Å². The van der Waals surface area contributed by atoms with Gasteiger partial charge in [-0.25, -0.2) is 0 Å². The van der Waals surface area contributed by atoms with Crippen molar-refractivity contribution in [3.05, 3.63) is 34.9 Å². The van der Waals surface area contributed by atoms with Gasteiger partial charge in [-0.3, -0.25) is 0 Å². The Labute approximate surface area is 69.1 Å². The number of nitro groups is 1. The molecule has 0 aliphatic carbocycles. The number of aromatic nitrogens is 1. The fourth-order valence-electron chi connectivity index (χ4n) is 0.765. The van der Waals surface area contributed by atoms with Crippen LogP contribution in [0.25, 0.3) is 0 Å². The van der Waals surface area contributed by atoms with Crippen LogP contribution in [0.3, 0.4) is 0 Å². The van der Waals surface area contributed by atoms with Gasteiger partial charge in [0.1, 0.15) is 0 Å². The van der Waals surface area contributed by atoms with Crippen LogP contribution in [0.4, 0.5) is 5.82 Å². The molecule has 0 unspecified atom stereocenters. The number of pyridine rings is 1. The normalized spacial score (nSPS) is 9.50. The van der Waals surface area contributed by atoms with Gasteiger partial charge in [0, 0.05) is 6.92 Å². The fourth-order valence-corrected chi connectivity index (χ4v) is 0.765. The molecule has 5 nitrogen and oxygen atoms in total. The zero-order valence-corrected chi connectivity index (χ0v) is 6.48. The lowest BCUT2D eigenvalue weighted by Gasteiger charge is -1.99. The van der Waals surface area contributed by atoms with Crippen LogP contribution in [-0.2, 0) is 0 Å². The third-order valence-electron chi connectivity index (χ3n) is 1.29. The van der Waals surface area contributed by atoms with Crippen LogP contribution < -0.4 is 4.74 Å². The third kappa shape index (κ3) is 1.50. The molecule has 0 N–H and O–H groups in total. The minimum absolute atomic E-state index is 0.146. The van der Waals surface area contributed by atoms with Gasteiger partial charge in [0.05, 0.1) is 7.11 Å². The Bertz CT molecular complexity index is 312. The summed E-state index contributed by atoms with van der Waals surface area (Å²) in [5.41, 5.74) is 0.350. The van der Waals surface area contributed by atoms with E-state index >= 15 is 0 Å². The molecule has 0 atom stereocenters. The SMILES string of the molecule is [CH2]c1ccc(OC)c([N+](=O)[O-])n1. The van der Waals surface area contributed by atoms with Gasteiger partial charge in [0.25, 0.3) is 0 Å². The van der Waals surface area contributed by atoms with E-state index in [0.29, 0.717) is 5.69 Å². The largest absolute Gasteiger partial charge is 0.489 e. The molecule has 12 heavy (non-hydrogen) atoms. The van der Waals surface area contributed by atoms with E-state index in [1.165, 1.54) is 13.2 Å². The molecule has 1 aromatic rings. The highest BCUT2D eigenvalue weighted by Crippen LogP contribution is 2.23. The Kier molecular flexibility index (Phi) is 2.23. The van der Waals surface area contributed by atoms with Crippen LogP contribution >= 0.6 is 0 Å². The molecule has 1 rings (SSSR count). The topological polar surface area (TPSA) is 65.3 Å². The van der Waals surface area contributed by atoms with Crippen LogP contribution in [0.15, 0.2) is 12.1 Å². The Morgan fingerprint density at radius 3 is 2.83 bits per heavy atom. The molecule has 0 aliphatic heterocycles. The number of rotatable bonds is 2. The molecule has 0 saturated carbocycles. The molecule has 5 heteroatoms. The van der Waals surface area contributed by atoms with Crippen molar-refractivity contribution in [2.24, 2.45) is 0 Å². The van der Waals surface area contributed by atoms with E-state index < -0.39 is 4.92 Å². The average molecular weight is 167 g/mol. The van der Waals surface area contributed by atoms with Gasteiger partial charge in [-0.2, -0.15) is 0 Å². The molecular formula is C7H7N2O3. The maximum atomic E-state index is 10.4. The highest BCUT2D eigenvalue weighted by Gasteiger charge is 2.15. The van der Waals surface area contributed by atoms with E-state index in [2.05, 4.69) is 11.9 Å². The second-order valence-electron chi connectivity index (χ2n) is 2.09. The monoisotopic (exact) mass is 167 g/mol. The van der Waals surface area contributed by atoms with Gasteiger partial charge < -0.3 is 14.9 Å². The Morgan fingerprint density at radius 2 is 2.33 bits per heavy atom. The van der Waals surface area contributed by atoms with Gasteiger partial charge in [-0.15, -0.1) is 0 Å². The lowest BCUT2D eigenvalue weighted by Crippen LogP contribution is -1.97. The summed E-state index contributed by atoms with van der Waals surface area (Å²) in [4.78, 5) is 13.4. The molecule has 1 heterocycles. The first-order chi connectivity index (χ1) is 5.65. The maximum absolute atomic E-state index is 10.4. The molecule has 0 bridgehead atoms. The summed E-state index contributed by atoms with van der Waals surface area (Å²) in [7, 11) is 1.35. The Morgan fingerprint density at radius 1 is 1.67 bits per heavy atom. The van der Waals surface area contributed by atoms with E-state index in [1.54, 1.807) is 6.07 Å². The van der Waals surface area contributed by atoms with Gasteiger partial charge in [-0.1, -0.05) is 0 Å². The van der Waals surface area contributed by atoms with E-state index in [1.807, 2.05) is 0 Å². The Balaban J connectivity index is 3.21. The molecule has 0 spiro atoms. The minimum atomic E-state index is -0.604. The number of ether oxygens (including phenoxy) is 1. The molecule has 0 amide bonds. The van der Waals surface area contributed by atoms with Crippen molar-refractivity contribution in [2.75, 3.05) is 7.11 Å². The van der Waals surface area contributed by atoms with E-state index in [4.69, 9.17) is 4.74 Å². The highest BCUT2D eigenvalue weighted by molar-refractivity contribution is 5.40. The average Bonchev–Trinajstić information content (AvgIpc) is 2.04. The number of methoxy groups -OCH3 is 1. The second-order valence-corrected chi connectivity index (χ2v) is 2.09. The fraction of sp³-hybridized carbons (Fsp3) is 0.143. The number of hydrogen-bond donors (Lipinski definition) is 0. The number of hydrogen-bond acceptors (Lipinski definition) is 4. The van der Waals surface area contributed by atoms with Crippen molar-refractivity contribution in [3.63, 3.8) is 0 Å².